The molecule has 7 heteroatoms. The van der Waals surface area contributed by atoms with Gasteiger partial charge in [-0.1, -0.05) is 28.9 Å². The zero-order valence-corrected chi connectivity index (χ0v) is 11.3. The second-order valence-electron chi connectivity index (χ2n) is 3.67. The molecule has 0 saturated heterocycles. The van der Waals surface area contributed by atoms with E-state index in [0.29, 0.717) is 5.69 Å². The quantitative estimate of drug-likeness (QED) is 0.874. The smallest absolute Gasteiger partial charge is 0.238 e. The van der Waals surface area contributed by atoms with E-state index < -0.39 is 0 Å². The van der Waals surface area contributed by atoms with Crippen LogP contribution in [0.2, 0.25) is 0 Å². The lowest BCUT2D eigenvalue weighted by Crippen LogP contribution is -2.22. The maximum absolute atomic E-state index is 11.7. The van der Waals surface area contributed by atoms with Crippen LogP contribution in [0.1, 0.15) is 13.3 Å². The SMILES string of the molecule is CCC(Br)C(=O)Nc1cccc(-n2cnnn2)c1. The molecule has 0 fully saturated rings. The second kappa shape index (κ2) is 5.72. The average Bonchev–Trinajstić information content (AvgIpc) is 2.92. The van der Waals surface area contributed by atoms with Crippen LogP contribution in [0.15, 0.2) is 30.6 Å². The minimum Gasteiger partial charge on any atom is -0.325 e. The van der Waals surface area contributed by atoms with E-state index in [4.69, 9.17) is 0 Å². The maximum atomic E-state index is 11.7. The Hall–Kier alpha value is -1.76. The molecule has 94 valence electrons. The summed E-state index contributed by atoms with van der Waals surface area (Å²) in [6, 6.07) is 7.32. The first-order valence-electron chi connectivity index (χ1n) is 5.49. The molecule has 2 aromatic rings. The van der Waals surface area contributed by atoms with Gasteiger partial charge in [-0.05, 0) is 35.0 Å². The van der Waals surface area contributed by atoms with Crippen molar-refractivity contribution < 1.29 is 4.79 Å². The molecule has 18 heavy (non-hydrogen) atoms. The van der Waals surface area contributed by atoms with E-state index in [1.807, 2.05) is 31.2 Å². The lowest BCUT2D eigenvalue weighted by Gasteiger charge is -2.09. The molecule has 1 amide bonds. The Morgan fingerprint density at radius 1 is 1.56 bits per heavy atom. The van der Waals surface area contributed by atoms with E-state index in [0.717, 1.165) is 12.1 Å². The predicted octanol–water partition coefficient (Wildman–Crippen LogP) is 1.77. The molecule has 0 saturated carbocycles. The highest BCUT2D eigenvalue weighted by molar-refractivity contribution is 9.10. The Bertz CT molecular complexity index is 528. The number of nitrogens with one attached hydrogen (secondary N) is 1. The molecule has 0 bridgehead atoms. The molecule has 0 aliphatic rings. The highest BCUT2D eigenvalue weighted by Gasteiger charge is 2.12. The Kier molecular flexibility index (Phi) is 4.03. The van der Waals surface area contributed by atoms with Crippen LogP contribution in [-0.4, -0.2) is 30.9 Å². The number of anilines is 1. The third-order valence-electron chi connectivity index (χ3n) is 2.37. The van der Waals surface area contributed by atoms with Gasteiger partial charge in [0.15, 0.2) is 0 Å². The number of halogens is 1. The van der Waals surface area contributed by atoms with Gasteiger partial charge >= 0.3 is 0 Å². The van der Waals surface area contributed by atoms with Crippen molar-refractivity contribution in [1.29, 1.82) is 0 Å². The monoisotopic (exact) mass is 309 g/mol. The Balaban J connectivity index is 2.16. The number of rotatable bonds is 4. The van der Waals surface area contributed by atoms with Gasteiger partial charge in [-0.15, -0.1) is 5.10 Å². The summed E-state index contributed by atoms with van der Waals surface area (Å²) in [5.74, 6) is -0.0636. The van der Waals surface area contributed by atoms with Gasteiger partial charge in [-0.3, -0.25) is 4.79 Å². The fourth-order valence-electron chi connectivity index (χ4n) is 1.41. The Morgan fingerprint density at radius 3 is 3.06 bits per heavy atom. The normalized spacial score (nSPS) is 12.1. The van der Waals surface area contributed by atoms with E-state index in [-0.39, 0.29) is 10.7 Å². The van der Waals surface area contributed by atoms with Crippen LogP contribution in [0.5, 0.6) is 0 Å². The molecule has 0 radical (unpaired) electrons. The van der Waals surface area contributed by atoms with E-state index >= 15 is 0 Å². The number of hydrogen-bond donors (Lipinski definition) is 1. The van der Waals surface area contributed by atoms with E-state index in [1.54, 1.807) is 0 Å². The highest BCUT2D eigenvalue weighted by Crippen LogP contribution is 2.15. The van der Waals surface area contributed by atoms with Crippen LogP contribution in [0.4, 0.5) is 5.69 Å². The molecule has 0 aliphatic heterocycles. The Labute approximate surface area is 113 Å². The number of carbonyl (C=O) groups excluding carboxylic acids is 1. The molecule has 1 atom stereocenters. The van der Waals surface area contributed by atoms with Crippen LogP contribution in [-0.2, 0) is 4.79 Å². The summed E-state index contributed by atoms with van der Waals surface area (Å²) in [6.45, 7) is 1.94. The molecular weight excluding hydrogens is 298 g/mol. The van der Waals surface area contributed by atoms with E-state index in [1.165, 1.54) is 11.0 Å². The van der Waals surface area contributed by atoms with Gasteiger partial charge < -0.3 is 5.32 Å². The van der Waals surface area contributed by atoms with Crippen LogP contribution in [0.3, 0.4) is 0 Å². The fourth-order valence-corrected chi connectivity index (χ4v) is 1.53. The summed E-state index contributed by atoms with van der Waals surface area (Å²) in [5.41, 5.74) is 1.51. The molecule has 0 aliphatic carbocycles. The zero-order valence-electron chi connectivity index (χ0n) is 9.75. The lowest BCUT2D eigenvalue weighted by molar-refractivity contribution is -0.115. The minimum absolute atomic E-state index is 0.0636. The number of tetrazole rings is 1. The number of carbonyl (C=O) groups is 1. The second-order valence-corrected chi connectivity index (χ2v) is 4.78. The van der Waals surface area contributed by atoms with E-state index in [9.17, 15) is 4.79 Å². The number of alkyl halides is 1. The van der Waals surface area contributed by atoms with Crippen molar-refractivity contribution >= 4 is 27.5 Å². The first kappa shape index (κ1) is 12.7. The molecule has 2 rings (SSSR count). The number of hydrogen-bond acceptors (Lipinski definition) is 4. The van der Waals surface area contributed by atoms with Gasteiger partial charge in [0.1, 0.15) is 6.33 Å². The zero-order chi connectivity index (χ0) is 13.0. The molecule has 1 aromatic carbocycles. The fraction of sp³-hybridized carbons (Fsp3) is 0.273. The van der Waals surface area contributed by atoms with Crippen molar-refractivity contribution in [3.05, 3.63) is 30.6 Å². The Morgan fingerprint density at radius 2 is 2.39 bits per heavy atom. The standard InChI is InChI=1S/C11H12BrN5O/c1-2-10(12)11(18)14-8-4-3-5-9(6-8)17-7-13-15-16-17/h3-7,10H,2H2,1H3,(H,14,18). The molecule has 1 heterocycles. The summed E-state index contributed by atoms with van der Waals surface area (Å²) >= 11 is 3.31. The summed E-state index contributed by atoms with van der Waals surface area (Å²) in [6.07, 6.45) is 2.23. The molecule has 0 spiro atoms. The molecule has 1 N–H and O–H groups in total. The summed E-state index contributed by atoms with van der Waals surface area (Å²) in [4.78, 5) is 11.6. The van der Waals surface area contributed by atoms with Crippen LogP contribution in [0, 0.1) is 0 Å². The van der Waals surface area contributed by atoms with Gasteiger partial charge in [-0.25, -0.2) is 4.68 Å². The number of benzene rings is 1. The molecule has 6 nitrogen and oxygen atoms in total. The third-order valence-corrected chi connectivity index (χ3v) is 3.43. The van der Waals surface area contributed by atoms with Crippen molar-refractivity contribution in [3.63, 3.8) is 0 Å². The largest absolute Gasteiger partial charge is 0.325 e. The lowest BCUT2D eigenvalue weighted by atomic mass is 10.2. The average molecular weight is 310 g/mol. The number of aromatic nitrogens is 4. The van der Waals surface area contributed by atoms with Crippen molar-refractivity contribution in [2.24, 2.45) is 0 Å². The van der Waals surface area contributed by atoms with Gasteiger partial charge in [-0.2, -0.15) is 0 Å². The van der Waals surface area contributed by atoms with Crippen LogP contribution in [0.25, 0.3) is 5.69 Å². The van der Waals surface area contributed by atoms with Crippen molar-refractivity contribution in [3.8, 4) is 5.69 Å². The topological polar surface area (TPSA) is 72.7 Å². The van der Waals surface area contributed by atoms with Gasteiger partial charge in [0, 0.05) is 5.69 Å². The van der Waals surface area contributed by atoms with Crippen LogP contribution >= 0.6 is 15.9 Å². The van der Waals surface area contributed by atoms with Gasteiger partial charge in [0.05, 0.1) is 10.5 Å². The van der Waals surface area contributed by atoms with Gasteiger partial charge in [0.2, 0.25) is 5.91 Å². The highest BCUT2D eigenvalue weighted by atomic mass is 79.9. The first-order chi connectivity index (χ1) is 8.70. The molecular formula is C11H12BrN5O. The number of amides is 1. The minimum atomic E-state index is -0.186. The first-order valence-corrected chi connectivity index (χ1v) is 6.40. The number of nitrogens with zero attached hydrogens (tertiary/aromatic N) is 4. The maximum Gasteiger partial charge on any atom is 0.238 e. The van der Waals surface area contributed by atoms with E-state index in [2.05, 4.69) is 36.8 Å². The van der Waals surface area contributed by atoms with Gasteiger partial charge in [0.25, 0.3) is 0 Å². The van der Waals surface area contributed by atoms with Crippen LogP contribution < -0.4 is 5.32 Å². The van der Waals surface area contributed by atoms with Crippen molar-refractivity contribution in [2.75, 3.05) is 5.32 Å². The summed E-state index contributed by atoms with van der Waals surface area (Å²) in [5, 5.41) is 13.8. The molecule has 1 aromatic heterocycles. The molecule has 1 unspecified atom stereocenters. The summed E-state index contributed by atoms with van der Waals surface area (Å²) in [7, 11) is 0. The van der Waals surface area contributed by atoms with Crippen molar-refractivity contribution in [1.82, 2.24) is 20.2 Å². The summed E-state index contributed by atoms with van der Waals surface area (Å²) < 4.78 is 1.53. The predicted molar refractivity (Wildman–Crippen MR) is 70.8 cm³/mol. The van der Waals surface area contributed by atoms with Crippen molar-refractivity contribution in [2.45, 2.75) is 18.2 Å². The third kappa shape index (κ3) is 2.92.